The van der Waals surface area contributed by atoms with Crippen molar-refractivity contribution in [2.24, 2.45) is 5.92 Å². The number of benzene rings is 1. The van der Waals surface area contributed by atoms with E-state index in [1.165, 1.54) is 6.07 Å². The normalized spacial score (nSPS) is 21.4. The summed E-state index contributed by atoms with van der Waals surface area (Å²) in [5.41, 5.74) is 0.397. The maximum Gasteiger partial charge on any atom is 0.422 e. The Morgan fingerprint density at radius 1 is 1.39 bits per heavy atom. The molecule has 1 saturated heterocycles. The molecule has 2 amide bonds. The number of hydrogen-bond donors (Lipinski definition) is 2. The van der Waals surface area contributed by atoms with Gasteiger partial charge >= 0.3 is 18.2 Å². The number of nitrogens with one attached hydrogen (secondary N) is 2. The third kappa shape index (κ3) is 4.38. The first kappa shape index (κ1) is 17.1. The van der Waals surface area contributed by atoms with Crippen LogP contribution in [0.15, 0.2) is 36.5 Å². The number of rotatable bonds is 3. The molecule has 0 aliphatic carbocycles. The summed E-state index contributed by atoms with van der Waals surface area (Å²) in [6, 6.07) is 4.69. The Balaban J connectivity index is 2.26. The number of carbonyl (C=O) groups is 2. The average Bonchev–Trinajstić information content (AvgIpc) is 2.43. The van der Waals surface area contributed by atoms with Crippen LogP contribution in [0.3, 0.4) is 0 Å². The van der Waals surface area contributed by atoms with Crippen LogP contribution in [0.4, 0.5) is 18.0 Å². The number of hydrogen-bond acceptors (Lipinski definition) is 3. The summed E-state index contributed by atoms with van der Waals surface area (Å²) >= 11 is 5.87. The van der Waals surface area contributed by atoms with Crippen molar-refractivity contribution < 1.29 is 27.5 Å². The van der Waals surface area contributed by atoms with Crippen molar-refractivity contribution in [2.45, 2.75) is 12.2 Å². The molecule has 0 saturated carbocycles. The first-order chi connectivity index (χ1) is 10.7. The molecule has 0 spiro atoms. The van der Waals surface area contributed by atoms with Crippen LogP contribution in [0.25, 0.3) is 0 Å². The lowest BCUT2D eigenvalue weighted by atomic mass is 9.89. The molecule has 2 unspecified atom stereocenters. The molecule has 2 atom stereocenters. The first-order valence-electron chi connectivity index (χ1n) is 6.42. The van der Waals surface area contributed by atoms with Crippen molar-refractivity contribution in [2.75, 3.05) is 6.61 Å². The minimum Gasteiger partial charge on any atom is -0.455 e. The molecule has 2 N–H and O–H groups in total. The van der Waals surface area contributed by atoms with Gasteiger partial charge in [-0.15, -0.1) is 0 Å². The monoisotopic (exact) mass is 348 g/mol. The van der Waals surface area contributed by atoms with Crippen LogP contribution in [-0.2, 0) is 9.53 Å². The molecule has 2 rings (SSSR count). The second-order valence-electron chi connectivity index (χ2n) is 4.86. The lowest BCUT2D eigenvalue weighted by molar-refractivity contribution is -0.189. The van der Waals surface area contributed by atoms with E-state index in [2.05, 4.69) is 21.9 Å². The van der Waals surface area contributed by atoms with Gasteiger partial charge in [0.15, 0.2) is 6.61 Å². The molecule has 9 heteroatoms. The molecule has 1 aromatic rings. The van der Waals surface area contributed by atoms with E-state index in [1.807, 2.05) is 0 Å². The molecule has 1 fully saturated rings. The molecule has 0 radical (unpaired) electrons. The third-order valence-corrected chi connectivity index (χ3v) is 3.34. The molecule has 23 heavy (non-hydrogen) atoms. The highest BCUT2D eigenvalue weighted by Gasteiger charge is 2.40. The highest BCUT2D eigenvalue weighted by molar-refractivity contribution is 6.30. The molecule has 1 heterocycles. The van der Waals surface area contributed by atoms with E-state index in [9.17, 15) is 22.8 Å². The van der Waals surface area contributed by atoms with E-state index in [4.69, 9.17) is 11.6 Å². The van der Waals surface area contributed by atoms with Crippen molar-refractivity contribution in [3.8, 4) is 0 Å². The summed E-state index contributed by atoms with van der Waals surface area (Å²) in [5.74, 6) is -2.36. The SMILES string of the molecule is C=C1NC(=O)NC(c2cccc(Cl)c2)C1C(=O)OCC(F)(F)F. The van der Waals surface area contributed by atoms with E-state index in [-0.39, 0.29) is 5.70 Å². The molecular weight excluding hydrogens is 337 g/mol. The Hall–Kier alpha value is -2.22. The molecule has 5 nitrogen and oxygen atoms in total. The van der Waals surface area contributed by atoms with Gasteiger partial charge in [0.1, 0.15) is 5.92 Å². The number of halogens is 4. The van der Waals surface area contributed by atoms with Crippen LogP contribution < -0.4 is 10.6 Å². The zero-order valence-corrected chi connectivity index (χ0v) is 12.4. The number of ether oxygens (including phenoxy) is 1. The van der Waals surface area contributed by atoms with Gasteiger partial charge in [-0.3, -0.25) is 4.79 Å². The van der Waals surface area contributed by atoms with Crippen LogP contribution in [0.2, 0.25) is 5.02 Å². The van der Waals surface area contributed by atoms with Gasteiger partial charge in [-0.25, -0.2) is 4.79 Å². The average molecular weight is 349 g/mol. The maximum absolute atomic E-state index is 12.2. The maximum atomic E-state index is 12.2. The number of esters is 1. The molecule has 1 aliphatic heterocycles. The smallest absolute Gasteiger partial charge is 0.422 e. The fraction of sp³-hybridized carbons (Fsp3) is 0.286. The summed E-state index contributed by atoms with van der Waals surface area (Å²) in [6.45, 7) is 1.81. The largest absolute Gasteiger partial charge is 0.455 e. The van der Waals surface area contributed by atoms with E-state index in [0.29, 0.717) is 10.6 Å². The predicted octanol–water partition coefficient (Wildman–Crippen LogP) is 2.93. The summed E-state index contributed by atoms with van der Waals surface area (Å²) in [6.07, 6.45) is -4.64. The van der Waals surface area contributed by atoms with Gasteiger partial charge in [0.05, 0.1) is 6.04 Å². The minimum atomic E-state index is -4.64. The molecule has 0 aromatic heterocycles. The zero-order chi connectivity index (χ0) is 17.2. The van der Waals surface area contributed by atoms with Gasteiger partial charge in [0.25, 0.3) is 0 Å². The molecule has 1 aromatic carbocycles. The molecule has 0 bridgehead atoms. The van der Waals surface area contributed by atoms with E-state index in [0.717, 1.165) is 0 Å². The van der Waals surface area contributed by atoms with Crippen LogP contribution in [0, 0.1) is 5.92 Å². The zero-order valence-electron chi connectivity index (χ0n) is 11.6. The fourth-order valence-corrected chi connectivity index (χ4v) is 2.38. The molecular formula is C14H12ClF3N2O3. The second kappa shape index (κ2) is 6.49. The van der Waals surface area contributed by atoms with Crippen molar-refractivity contribution in [1.82, 2.24) is 10.6 Å². The Bertz CT molecular complexity index is 648. The second-order valence-corrected chi connectivity index (χ2v) is 5.29. The number of alkyl halides is 3. The van der Waals surface area contributed by atoms with Crippen LogP contribution in [0.1, 0.15) is 11.6 Å². The van der Waals surface area contributed by atoms with Gasteiger partial charge in [0, 0.05) is 10.7 Å². The quantitative estimate of drug-likeness (QED) is 0.825. The van der Waals surface area contributed by atoms with Gasteiger partial charge in [-0.1, -0.05) is 30.3 Å². The summed E-state index contributed by atoms with van der Waals surface area (Å²) < 4.78 is 40.9. The number of carbonyl (C=O) groups excluding carboxylic acids is 2. The molecule has 124 valence electrons. The highest BCUT2D eigenvalue weighted by Crippen LogP contribution is 2.32. The van der Waals surface area contributed by atoms with E-state index >= 15 is 0 Å². The Labute approximate surface area is 134 Å². The predicted molar refractivity (Wildman–Crippen MR) is 75.5 cm³/mol. The summed E-state index contributed by atoms with van der Waals surface area (Å²) in [7, 11) is 0. The van der Waals surface area contributed by atoms with Gasteiger partial charge in [-0.05, 0) is 17.7 Å². The standard InChI is InChI=1S/C14H12ClF3N2O3/c1-7-10(12(21)23-6-14(16,17)18)11(20-13(22)19-7)8-3-2-4-9(15)5-8/h2-5,10-11H,1,6H2,(H2,19,20,22). The minimum absolute atomic E-state index is 0.0501. The van der Waals surface area contributed by atoms with Crippen molar-refractivity contribution >= 4 is 23.6 Å². The van der Waals surface area contributed by atoms with Gasteiger partial charge in [-0.2, -0.15) is 13.2 Å². The van der Waals surface area contributed by atoms with Crippen LogP contribution in [0.5, 0.6) is 0 Å². The van der Waals surface area contributed by atoms with Crippen molar-refractivity contribution in [3.63, 3.8) is 0 Å². The Morgan fingerprint density at radius 3 is 2.70 bits per heavy atom. The third-order valence-electron chi connectivity index (χ3n) is 3.11. The van der Waals surface area contributed by atoms with E-state index < -0.39 is 36.7 Å². The van der Waals surface area contributed by atoms with Gasteiger partial charge in [0.2, 0.25) is 0 Å². The summed E-state index contributed by atoms with van der Waals surface area (Å²) in [4.78, 5) is 23.6. The number of urea groups is 1. The summed E-state index contributed by atoms with van der Waals surface area (Å²) in [5, 5.41) is 5.08. The topological polar surface area (TPSA) is 67.4 Å². The van der Waals surface area contributed by atoms with Gasteiger partial charge < -0.3 is 15.4 Å². The van der Waals surface area contributed by atoms with E-state index in [1.54, 1.807) is 18.2 Å². The van der Waals surface area contributed by atoms with Crippen molar-refractivity contribution in [3.05, 3.63) is 47.1 Å². The number of amides is 2. The first-order valence-corrected chi connectivity index (χ1v) is 6.80. The lowest BCUT2D eigenvalue weighted by Gasteiger charge is -2.33. The van der Waals surface area contributed by atoms with Crippen molar-refractivity contribution in [1.29, 1.82) is 0 Å². The highest BCUT2D eigenvalue weighted by atomic mass is 35.5. The Morgan fingerprint density at radius 2 is 2.09 bits per heavy atom. The van der Waals surface area contributed by atoms with Crippen LogP contribution in [-0.4, -0.2) is 24.8 Å². The lowest BCUT2D eigenvalue weighted by Crippen LogP contribution is -2.51. The molecule has 1 aliphatic rings. The van der Waals surface area contributed by atoms with Crippen LogP contribution >= 0.6 is 11.6 Å². The Kier molecular flexibility index (Phi) is 4.84. The fourth-order valence-electron chi connectivity index (χ4n) is 2.18.